The average Bonchev–Trinajstić information content (AvgIpc) is 3.09. The highest BCUT2D eigenvalue weighted by molar-refractivity contribution is 5.98. The van der Waals surface area contributed by atoms with Crippen molar-refractivity contribution in [2.24, 2.45) is 5.73 Å². The minimum Gasteiger partial charge on any atom is -0.371 e. The van der Waals surface area contributed by atoms with Crippen LogP contribution in [0, 0.1) is 0 Å². The van der Waals surface area contributed by atoms with Crippen LogP contribution in [0.25, 0.3) is 0 Å². The Hall–Kier alpha value is -1.79. The summed E-state index contributed by atoms with van der Waals surface area (Å²) in [6.45, 7) is 7.43. The Bertz CT molecular complexity index is 615. The SMILES string of the molecule is CCCC(C)(N)C(=O)NC(C)C(=O)Nc1cccc(N2CCCC2)c1.Cl. The number of hydrogen-bond acceptors (Lipinski definition) is 4. The van der Waals surface area contributed by atoms with Gasteiger partial charge in [0, 0.05) is 24.5 Å². The Kier molecular flexibility index (Phi) is 8.37. The fraction of sp³-hybridized carbons (Fsp3) is 0.579. The first-order valence-corrected chi connectivity index (χ1v) is 9.09. The van der Waals surface area contributed by atoms with Crippen LogP contribution < -0.4 is 21.3 Å². The highest BCUT2D eigenvalue weighted by Gasteiger charge is 2.29. The Balaban J connectivity index is 0.00000338. The van der Waals surface area contributed by atoms with Gasteiger partial charge in [-0.05, 0) is 51.3 Å². The monoisotopic (exact) mass is 382 g/mol. The zero-order chi connectivity index (χ0) is 18.4. The molecule has 0 spiro atoms. The van der Waals surface area contributed by atoms with Crippen LogP contribution in [-0.4, -0.2) is 36.5 Å². The van der Waals surface area contributed by atoms with Crippen molar-refractivity contribution in [2.45, 2.75) is 58.0 Å². The van der Waals surface area contributed by atoms with E-state index in [-0.39, 0.29) is 24.2 Å². The number of nitrogens with one attached hydrogen (secondary N) is 2. The molecular formula is C19H31ClN4O2. The molecule has 4 N–H and O–H groups in total. The van der Waals surface area contributed by atoms with Crippen LogP contribution in [0.2, 0.25) is 0 Å². The van der Waals surface area contributed by atoms with Crippen molar-refractivity contribution in [3.05, 3.63) is 24.3 Å². The fourth-order valence-corrected chi connectivity index (χ4v) is 3.07. The van der Waals surface area contributed by atoms with Crippen molar-refractivity contribution >= 4 is 35.6 Å². The summed E-state index contributed by atoms with van der Waals surface area (Å²) in [6.07, 6.45) is 3.79. The van der Waals surface area contributed by atoms with Gasteiger partial charge in [0.15, 0.2) is 0 Å². The summed E-state index contributed by atoms with van der Waals surface area (Å²) in [5.74, 6) is -0.554. The van der Waals surface area contributed by atoms with Crippen molar-refractivity contribution < 1.29 is 9.59 Å². The van der Waals surface area contributed by atoms with Gasteiger partial charge >= 0.3 is 0 Å². The quantitative estimate of drug-likeness (QED) is 0.676. The van der Waals surface area contributed by atoms with E-state index in [1.165, 1.54) is 12.8 Å². The molecular weight excluding hydrogens is 352 g/mol. The number of carbonyl (C=O) groups excluding carboxylic acids is 2. The van der Waals surface area contributed by atoms with E-state index in [0.717, 1.165) is 30.9 Å². The standard InChI is InChI=1S/C19H30N4O2.ClH/c1-4-10-19(3,20)18(25)21-14(2)17(24)22-15-8-7-9-16(13-15)23-11-5-6-12-23;/h7-9,13-14H,4-6,10-12,20H2,1-3H3,(H,21,25)(H,22,24);1H. The van der Waals surface area contributed by atoms with Crippen molar-refractivity contribution in [2.75, 3.05) is 23.3 Å². The number of nitrogens with zero attached hydrogens (tertiary/aromatic N) is 1. The van der Waals surface area contributed by atoms with Gasteiger partial charge in [0.2, 0.25) is 11.8 Å². The molecule has 1 saturated heterocycles. The third kappa shape index (κ3) is 5.88. The Morgan fingerprint density at radius 3 is 2.58 bits per heavy atom. The largest absolute Gasteiger partial charge is 0.371 e. The van der Waals surface area contributed by atoms with Gasteiger partial charge in [0.05, 0.1) is 5.54 Å². The van der Waals surface area contributed by atoms with Gasteiger partial charge in [-0.1, -0.05) is 19.4 Å². The van der Waals surface area contributed by atoms with Crippen molar-refractivity contribution in [3.8, 4) is 0 Å². The van der Waals surface area contributed by atoms with E-state index in [1.54, 1.807) is 13.8 Å². The summed E-state index contributed by atoms with van der Waals surface area (Å²) in [7, 11) is 0. The molecule has 1 aliphatic rings. The van der Waals surface area contributed by atoms with Crippen LogP contribution in [0.5, 0.6) is 0 Å². The van der Waals surface area contributed by atoms with E-state index in [2.05, 4.69) is 21.6 Å². The van der Waals surface area contributed by atoms with Gasteiger partial charge in [-0.25, -0.2) is 0 Å². The van der Waals surface area contributed by atoms with E-state index in [0.29, 0.717) is 6.42 Å². The molecule has 1 fully saturated rings. The second kappa shape index (κ2) is 9.78. The van der Waals surface area contributed by atoms with Crippen LogP contribution >= 0.6 is 12.4 Å². The lowest BCUT2D eigenvalue weighted by Gasteiger charge is -2.25. The number of benzene rings is 1. The van der Waals surface area contributed by atoms with Gasteiger partial charge in [-0.15, -0.1) is 12.4 Å². The molecule has 2 unspecified atom stereocenters. The first-order chi connectivity index (χ1) is 11.8. The summed E-state index contributed by atoms with van der Waals surface area (Å²) in [6, 6.07) is 7.17. The normalized spacial score (nSPS) is 17.0. The smallest absolute Gasteiger partial charge is 0.246 e. The molecule has 2 amide bonds. The Morgan fingerprint density at radius 2 is 1.96 bits per heavy atom. The fourth-order valence-electron chi connectivity index (χ4n) is 3.07. The molecule has 6 nitrogen and oxygen atoms in total. The molecule has 1 aromatic rings. The highest BCUT2D eigenvalue weighted by atomic mass is 35.5. The van der Waals surface area contributed by atoms with Gasteiger partial charge in [0.25, 0.3) is 0 Å². The predicted molar refractivity (Wildman–Crippen MR) is 109 cm³/mol. The molecule has 0 saturated carbocycles. The van der Waals surface area contributed by atoms with Gasteiger partial charge in [0.1, 0.15) is 6.04 Å². The van der Waals surface area contributed by atoms with Gasteiger partial charge < -0.3 is 21.3 Å². The molecule has 2 rings (SSSR count). The molecule has 0 radical (unpaired) electrons. The Morgan fingerprint density at radius 1 is 1.31 bits per heavy atom. The van der Waals surface area contributed by atoms with Gasteiger partial charge in [-0.3, -0.25) is 9.59 Å². The molecule has 0 aromatic heterocycles. The molecule has 1 aliphatic heterocycles. The van der Waals surface area contributed by atoms with E-state index in [1.807, 2.05) is 25.1 Å². The summed E-state index contributed by atoms with van der Waals surface area (Å²) >= 11 is 0. The lowest BCUT2D eigenvalue weighted by Crippen LogP contribution is -2.55. The first-order valence-electron chi connectivity index (χ1n) is 9.09. The second-order valence-corrected chi connectivity index (χ2v) is 7.10. The number of nitrogens with two attached hydrogens (primary N) is 1. The zero-order valence-electron chi connectivity index (χ0n) is 15.9. The van der Waals surface area contributed by atoms with E-state index >= 15 is 0 Å². The maximum absolute atomic E-state index is 12.4. The lowest BCUT2D eigenvalue weighted by molar-refractivity contribution is -0.129. The summed E-state index contributed by atoms with van der Waals surface area (Å²) in [5, 5.41) is 5.58. The minimum absolute atomic E-state index is 0. The minimum atomic E-state index is -0.959. The van der Waals surface area contributed by atoms with Crippen molar-refractivity contribution in [3.63, 3.8) is 0 Å². The summed E-state index contributed by atoms with van der Waals surface area (Å²) in [4.78, 5) is 26.9. The molecule has 1 heterocycles. The number of amides is 2. The molecule has 2 atom stereocenters. The number of anilines is 2. The molecule has 0 aliphatic carbocycles. The summed E-state index contributed by atoms with van der Waals surface area (Å²) < 4.78 is 0. The number of carbonyl (C=O) groups is 2. The Labute approximate surface area is 162 Å². The zero-order valence-corrected chi connectivity index (χ0v) is 16.7. The lowest BCUT2D eigenvalue weighted by atomic mass is 9.96. The van der Waals surface area contributed by atoms with Crippen LogP contribution in [0.4, 0.5) is 11.4 Å². The highest BCUT2D eigenvalue weighted by Crippen LogP contribution is 2.23. The molecule has 146 valence electrons. The number of hydrogen-bond donors (Lipinski definition) is 3. The third-order valence-electron chi connectivity index (χ3n) is 4.61. The third-order valence-corrected chi connectivity index (χ3v) is 4.61. The van der Waals surface area contributed by atoms with Crippen LogP contribution in [0.15, 0.2) is 24.3 Å². The average molecular weight is 383 g/mol. The van der Waals surface area contributed by atoms with Crippen molar-refractivity contribution in [1.29, 1.82) is 0 Å². The molecule has 1 aromatic carbocycles. The van der Waals surface area contributed by atoms with Crippen LogP contribution in [-0.2, 0) is 9.59 Å². The van der Waals surface area contributed by atoms with Crippen molar-refractivity contribution in [1.82, 2.24) is 5.32 Å². The molecule has 26 heavy (non-hydrogen) atoms. The van der Waals surface area contributed by atoms with E-state index in [4.69, 9.17) is 5.73 Å². The molecule has 0 bridgehead atoms. The van der Waals surface area contributed by atoms with E-state index < -0.39 is 11.6 Å². The van der Waals surface area contributed by atoms with Crippen LogP contribution in [0.1, 0.15) is 46.5 Å². The molecule has 7 heteroatoms. The number of rotatable bonds is 7. The van der Waals surface area contributed by atoms with Crippen LogP contribution in [0.3, 0.4) is 0 Å². The number of halogens is 1. The van der Waals surface area contributed by atoms with E-state index in [9.17, 15) is 9.59 Å². The predicted octanol–water partition coefficient (Wildman–Crippen LogP) is 2.67. The maximum atomic E-state index is 12.4. The topological polar surface area (TPSA) is 87.5 Å². The first kappa shape index (κ1) is 22.3. The maximum Gasteiger partial charge on any atom is 0.246 e. The van der Waals surface area contributed by atoms with Gasteiger partial charge in [-0.2, -0.15) is 0 Å². The second-order valence-electron chi connectivity index (χ2n) is 7.10. The summed E-state index contributed by atoms with van der Waals surface area (Å²) in [5.41, 5.74) is 6.90.